The van der Waals surface area contributed by atoms with E-state index in [1.54, 1.807) is 7.11 Å². The molecule has 2 heteroatoms. The standard InChI is InChI=1S/C12H15NO/c1-4-10-8(2)13-12-6-5-9(14-3)7-11(10)12/h5-7,10H,4H2,1-3H3. The Hall–Kier alpha value is -1.31. The van der Waals surface area contributed by atoms with Gasteiger partial charge in [0.2, 0.25) is 0 Å². The molecule has 0 bridgehead atoms. The third-order valence-electron chi connectivity index (χ3n) is 2.82. The third-order valence-corrected chi connectivity index (χ3v) is 2.82. The maximum Gasteiger partial charge on any atom is 0.119 e. The molecule has 1 aliphatic rings. The van der Waals surface area contributed by atoms with Crippen LogP contribution in [0.5, 0.6) is 5.75 Å². The van der Waals surface area contributed by atoms with E-state index in [0.29, 0.717) is 5.92 Å². The number of hydrogen-bond donors (Lipinski definition) is 0. The maximum atomic E-state index is 5.22. The first-order valence-corrected chi connectivity index (χ1v) is 4.99. The second-order valence-electron chi connectivity index (χ2n) is 3.64. The highest BCUT2D eigenvalue weighted by Crippen LogP contribution is 2.39. The van der Waals surface area contributed by atoms with Crippen molar-refractivity contribution in [1.82, 2.24) is 0 Å². The first kappa shape index (κ1) is 9.25. The number of methoxy groups -OCH3 is 1. The molecule has 0 spiro atoms. The van der Waals surface area contributed by atoms with Crippen molar-refractivity contribution in [3.63, 3.8) is 0 Å². The molecule has 0 saturated heterocycles. The van der Waals surface area contributed by atoms with Gasteiger partial charge >= 0.3 is 0 Å². The molecule has 1 heterocycles. The lowest BCUT2D eigenvalue weighted by atomic mass is 9.94. The summed E-state index contributed by atoms with van der Waals surface area (Å²) in [6.45, 7) is 4.29. The summed E-state index contributed by atoms with van der Waals surface area (Å²) in [5, 5.41) is 0. The molecule has 1 aliphatic heterocycles. The van der Waals surface area contributed by atoms with Gasteiger partial charge in [-0.2, -0.15) is 0 Å². The summed E-state index contributed by atoms with van der Waals surface area (Å²) in [5.74, 6) is 1.41. The number of aliphatic imine (C=N–C) groups is 1. The topological polar surface area (TPSA) is 21.6 Å². The van der Waals surface area contributed by atoms with E-state index in [0.717, 1.165) is 17.9 Å². The van der Waals surface area contributed by atoms with E-state index in [9.17, 15) is 0 Å². The van der Waals surface area contributed by atoms with Crippen LogP contribution in [0.15, 0.2) is 23.2 Å². The summed E-state index contributed by atoms with van der Waals surface area (Å²) in [4.78, 5) is 4.54. The molecule has 2 rings (SSSR count). The van der Waals surface area contributed by atoms with Gasteiger partial charge in [-0.3, -0.25) is 4.99 Å². The summed E-state index contributed by atoms with van der Waals surface area (Å²) in [6, 6.07) is 6.10. The average Bonchev–Trinajstić information content (AvgIpc) is 2.52. The van der Waals surface area contributed by atoms with Crippen molar-refractivity contribution >= 4 is 11.4 Å². The lowest BCUT2D eigenvalue weighted by Gasteiger charge is -2.10. The van der Waals surface area contributed by atoms with Gasteiger partial charge in [-0.1, -0.05) is 6.92 Å². The van der Waals surface area contributed by atoms with Gasteiger partial charge in [0, 0.05) is 11.6 Å². The largest absolute Gasteiger partial charge is 0.497 e. The molecule has 1 unspecified atom stereocenters. The predicted octanol–water partition coefficient (Wildman–Crippen LogP) is 3.29. The molecule has 14 heavy (non-hydrogen) atoms. The van der Waals surface area contributed by atoms with Gasteiger partial charge in [-0.05, 0) is 37.1 Å². The Morgan fingerprint density at radius 1 is 1.43 bits per heavy atom. The van der Waals surface area contributed by atoms with E-state index in [1.165, 1.54) is 11.3 Å². The molecule has 0 amide bonds. The average molecular weight is 189 g/mol. The number of fused-ring (bicyclic) bond motifs is 1. The first-order valence-electron chi connectivity index (χ1n) is 4.99. The van der Waals surface area contributed by atoms with Gasteiger partial charge in [0.15, 0.2) is 0 Å². The summed E-state index contributed by atoms with van der Waals surface area (Å²) in [6.07, 6.45) is 1.11. The fourth-order valence-corrected chi connectivity index (χ4v) is 2.05. The zero-order chi connectivity index (χ0) is 10.1. The highest BCUT2D eigenvalue weighted by Gasteiger charge is 2.22. The van der Waals surface area contributed by atoms with Crippen LogP contribution in [0.4, 0.5) is 5.69 Å². The molecule has 74 valence electrons. The van der Waals surface area contributed by atoms with Crippen LogP contribution in [-0.2, 0) is 0 Å². The van der Waals surface area contributed by atoms with Crippen molar-refractivity contribution in [1.29, 1.82) is 0 Å². The Balaban J connectivity index is 2.45. The summed E-state index contributed by atoms with van der Waals surface area (Å²) in [5.41, 5.74) is 3.63. The molecule has 0 N–H and O–H groups in total. The van der Waals surface area contributed by atoms with Crippen LogP contribution in [0.1, 0.15) is 31.7 Å². The molecule has 0 radical (unpaired) electrons. The molecule has 1 aromatic carbocycles. The molecule has 0 fully saturated rings. The van der Waals surface area contributed by atoms with Gasteiger partial charge in [-0.25, -0.2) is 0 Å². The van der Waals surface area contributed by atoms with E-state index in [4.69, 9.17) is 4.74 Å². The van der Waals surface area contributed by atoms with E-state index in [2.05, 4.69) is 24.9 Å². The fourth-order valence-electron chi connectivity index (χ4n) is 2.05. The third kappa shape index (κ3) is 1.31. The van der Waals surface area contributed by atoms with Crippen molar-refractivity contribution in [3.8, 4) is 5.75 Å². The Labute approximate surface area is 84.6 Å². The predicted molar refractivity (Wildman–Crippen MR) is 58.8 cm³/mol. The summed E-state index contributed by atoms with van der Waals surface area (Å²) >= 11 is 0. The van der Waals surface area contributed by atoms with E-state index in [-0.39, 0.29) is 0 Å². The monoisotopic (exact) mass is 189 g/mol. The van der Waals surface area contributed by atoms with Crippen LogP contribution in [0, 0.1) is 0 Å². The van der Waals surface area contributed by atoms with Crippen molar-refractivity contribution in [2.24, 2.45) is 4.99 Å². The van der Waals surface area contributed by atoms with E-state index in [1.807, 2.05) is 12.1 Å². The van der Waals surface area contributed by atoms with Crippen LogP contribution < -0.4 is 4.74 Å². The highest BCUT2D eigenvalue weighted by molar-refractivity contribution is 5.96. The minimum Gasteiger partial charge on any atom is -0.497 e. The normalized spacial score (nSPS) is 19.1. The van der Waals surface area contributed by atoms with Gasteiger partial charge in [-0.15, -0.1) is 0 Å². The highest BCUT2D eigenvalue weighted by atomic mass is 16.5. The molecule has 1 atom stereocenters. The number of rotatable bonds is 2. The van der Waals surface area contributed by atoms with Gasteiger partial charge in [0.1, 0.15) is 5.75 Å². The van der Waals surface area contributed by atoms with Gasteiger partial charge < -0.3 is 4.74 Å². The van der Waals surface area contributed by atoms with Crippen LogP contribution in [0.25, 0.3) is 0 Å². The SMILES string of the molecule is CCC1C(C)=Nc2ccc(OC)cc21. The quantitative estimate of drug-likeness (QED) is 0.699. The molecule has 0 saturated carbocycles. The second kappa shape index (κ2) is 3.45. The van der Waals surface area contributed by atoms with Crippen LogP contribution in [-0.4, -0.2) is 12.8 Å². The number of nitrogens with zero attached hydrogens (tertiary/aromatic N) is 1. The minimum atomic E-state index is 0.486. The molecule has 0 aliphatic carbocycles. The number of benzene rings is 1. The molecular weight excluding hydrogens is 174 g/mol. The minimum absolute atomic E-state index is 0.486. The summed E-state index contributed by atoms with van der Waals surface area (Å²) in [7, 11) is 1.70. The molecule has 2 nitrogen and oxygen atoms in total. The fraction of sp³-hybridized carbons (Fsp3) is 0.417. The van der Waals surface area contributed by atoms with Crippen molar-refractivity contribution in [2.45, 2.75) is 26.2 Å². The van der Waals surface area contributed by atoms with Gasteiger partial charge in [0.25, 0.3) is 0 Å². The number of hydrogen-bond acceptors (Lipinski definition) is 2. The first-order chi connectivity index (χ1) is 6.76. The molecular formula is C12H15NO. The van der Waals surface area contributed by atoms with Crippen LogP contribution >= 0.6 is 0 Å². The molecule has 1 aromatic rings. The lowest BCUT2D eigenvalue weighted by molar-refractivity contribution is 0.414. The van der Waals surface area contributed by atoms with Gasteiger partial charge in [0.05, 0.1) is 12.8 Å². The van der Waals surface area contributed by atoms with Crippen molar-refractivity contribution in [2.75, 3.05) is 7.11 Å². The Morgan fingerprint density at radius 2 is 2.21 bits per heavy atom. The van der Waals surface area contributed by atoms with Crippen LogP contribution in [0.3, 0.4) is 0 Å². The smallest absolute Gasteiger partial charge is 0.119 e. The van der Waals surface area contributed by atoms with E-state index >= 15 is 0 Å². The Morgan fingerprint density at radius 3 is 2.86 bits per heavy atom. The Bertz CT molecular complexity index is 382. The van der Waals surface area contributed by atoms with Crippen molar-refractivity contribution in [3.05, 3.63) is 23.8 Å². The van der Waals surface area contributed by atoms with Crippen LogP contribution in [0.2, 0.25) is 0 Å². The summed E-state index contributed by atoms with van der Waals surface area (Å²) < 4.78 is 5.22. The molecule has 0 aromatic heterocycles. The van der Waals surface area contributed by atoms with E-state index < -0.39 is 0 Å². The Kier molecular flexibility index (Phi) is 2.28. The zero-order valence-corrected chi connectivity index (χ0v) is 8.87. The zero-order valence-electron chi connectivity index (χ0n) is 8.87. The number of ether oxygens (including phenoxy) is 1. The lowest BCUT2D eigenvalue weighted by Crippen LogP contribution is -2.02. The van der Waals surface area contributed by atoms with Crippen molar-refractivity contribution < 1.29 is 4.74 Å². The maximum absolute atomic E-state index is 5.22. The second-order valence-corrected chi connectivity index (χ2v) is 3.64.